The zero-order valence-corrected chi connectivity index (χ0v) is 12.1. The average Bonchev–Trinajstić information content (AvgIpc) is 2.24. The Labute approximate surface area is 103 Å². The molecule has 0 bridgehead atoms. The third kappa shape index (κ3) is 7.73. The first-order valence-electron chi connectivity index (χ1n) is 6.54. The van der Waals surface area contributed by atoms with Crippen molar-refractivity contribution in [2.24, 2.45) is 5.92 Å². The van der Waals surface area contributed by atoms with Crippen molar-refractivity contribution in [1.82, 2.24) is 0 Å². The van der Waals surface area contributed by atoms with Crippen LogP contribution in [0.25, 0.3) is 0 Å². The van der Waals surface area contributed by atoms with E-state index in [0.717, 1.165) is 5.92 Å². The molecule has 0 saturated heterocycles. The summed E-state index contributed by atoms with van der Waals surface area (Å²) in [4.78, 5) is 0. The van der Waals surface area contributed by atoms with Crippen LogP contribution in [0.2, 0.25) is 0 Å². The van der Waals surface area contributed by atoms with E-state index in [1.807, 2.05) is 0 Å². The summed E-state index contributed by atoms with van der Waals surface area (Å²) in [7, 11) is 0. The Balaban J connectivity index is 3.81. The molecule has 0 heterocycles. The van der Waals surface area contributed by atoms with Gasteiger partial charge in [0, 0.05) is 0 Å². The molecule has 0 fully saturated rings. The molecule has 0 aromatic heterocycles. The van der Waals surface area contributed by atoms with Gasteiger partial charge in [-0.1, -0.05) is 37.1 Å². The quantitative estimate of drug-likeness (QED) is 0.483. The summed E-state index contributed by atoms with van der Waals surface area (Å²) in [5.74, 6) is 2.42. The van der Waals surface area contributed by atoms with Crippen LogP contribution in [0, 0.1) is 11.8 Å². The summed E-state index contributed by atoms with van der Waals surface area (Å²) >= 11 is 0. The lowest BCUT2D eigenvalue weighted by atomic mass is 9.87. The van der Waals surface area contributed by atoms with Crippen molar-refractivity contribution in [3.63, 3.8) is 0 Å². The number of allylic oxidation sites excluding steroid dienone is 4. The molecule has 0 aliphatic carbocycles. The summed E-state index contributed by atoms with van der Waals surface area (Å²) in [5.41, 5.74) is 2.95. The molecule has 0 aromatic carbocycles. The first-order chi connectivity index (χ1) is 7.47. The van der Waals surface area contributed by atoms with Gasteiger partial charge in [-0.05, 0) is 65.2 Å². The summed E-state index contributed by atoms with van der Waals surface area (Å²) < 4.78 is 0. The Hall–Kier alpha value is -0.520. The molecule has 0 aromatic rings. The molecule has 93 valence electrons. The molecule has 1 radical (unpaired) electrons. The first kappa shape index (κ1) is 15.5. The zero-order chi connectivity index (χ0) is 12.6. The largest absolute Gasteiger partial charge is 0.0887 e. The highest BCUT2D eigenvalue weighted by atomic mass is 14.2. The molecule has 16 heavy (non-hydrogen) atoms. The second kappa shape index (κ2) is 8.61. The zero-order valence-electron chi connectivity index (χ0n) is 12.1. The average molecular weight is 221 g/mol. The van der Waals surface area contributed by atoms with E-state index in [2.05, 4.69) is 53.7 Å². The van der Waals surface area contributed by atoms with Crippen LogP contribution in [-0.2, 0) is 0 Å². The summed E-state index contributed by atoms with van der Waals surface area (Å²) in [6, 6.07) is 0. The first-order valence-corrected chi connectivity index (χ1v) is 6.54. The molecule has 0 spiro atoms. The minimum absolute atomic E-state index is 0.764. The summed E-state index contributed by atoms with van der Waals surface area (Å²) in [5, 5.41) is 0. The van der Waals surface area contributed by atoms with Crippen molar-refractivity contribution in [2.45, 2.75) is 67.2 Å². The lowest BCUT2D eigenvalue weighted by molar-refractivity contribution is 0.517. The maximum atomic E-state index is 2.36. The van der Waals surface area contributed by atoms with Gasteiger partial charge >= 0.3 is 0 Å². The van der Waals surface area contributed by atoms with E-state index in [0.29, 0.717) is 0 Å². The van der Waals surface area contributed by atoms with Crippen LogP contribution in [0.4, 0.5) is 0 Å². The number of rotatable bonds is 7. The van der Waals surface area contributed by atoms with Crippen LogP contribution in [-0.4, -0.2) is 0 Å². The topological polar surface area (TPSA) is 0 Å². The van der Waals surface area contributed by atoms with E-state index < -0.39 is 0 Å². The fourth-order valence-electron chi connectivity index (χ4n) is 1.67. The number of hydrogen-bond acceptors (Lipinski definition) is 0. The standard InChI is InChI=1S/C16H29/c1-7-14(4)11-12-16(6)15(5)10-8-9-13(2)3/h7,9,16H,8,10-12H2,1-6H3. The third-order valence-electron chi connectivity index (χ3n) is 3.40. The minimum Gasteiger partial charge on any atom is -0.0887 e. The van der Waals surface area contributed by atoms with E-state index in [-0.39, 0.29) is 0 Å². The van der Waals surface area contributed by atoms with Gasteiger partial charge in [-0.15, -0.1) is 0 Å². The Morgan fingerprint density at radius 2 is 1.69 bits per heavy atom. The summed E-state index contributed by atoms with van der Waals surface area (Å²) in [6.45, 7) is 13.4. The predicted octanol–water partition coefficient (Wildman–Crippen LogP) is 5.71. The molecule has 1 unspecified atom stereocenters. The Morgan fingerprint density at radius 3 is 2.19 bits per heavy atom. The molecule has 0 heteroatoms. The molecule has 0 rings (SSSR count). The van der Waals surface area contributed by atoms with Crippen LogP contribution in [0.5, 0.6) is 0 Å². The molecule has 0 saturated carbocycles. The SMILES string of the molecule is CC=C(C)CCC(C)[C](C)CCC=C(C)C. The second-order valence-corrected chi connectivity index (χ2v) is 5.24. The molecule has 0 aliphatic rings. The van der Waals surface area contributed by atoms with Gasteiger partial charge < -0.3 is 0 Å². The fourth-order valence-corrected chi connectivity index (χ4v) is 1.67. The van der Waals surface area contributed by atoms with Crippen LogP contribution >= 0.6 is 0 Å². The molecule has 0 amide bonds. The van der Waals surface area contributed by atoms with E-state index in [1.165, 1.54) is 36.8 Å². The van der Waals surface area contributed by atoms with Crippen molar-refractivity contribution in [2.75, 3.05) is 0 Å². The van der Waals surface area contributed by atoms with Crippen molar-refractivity contribution < 1.29 is 0 Å². The fraction of sp³-hybridized carbons (Fsp3) is 0.688. The lowest BCUT2D eigenvalue weighted by Gasteiger charge is -2.18. The maximum Gasteiger partial charge on any atom is -0.0241 e. The van der Waals surface area contributed by atoms with Gasteiger partial charge in [-0.2, -0.15) is 0 Å². The number of hydrogen-bond donors (Lipinski definition) is 0. The van der Waals surface area contributed by atoms with Crippen LogP contribution < -0.4 is 0 Å². The monoisotopic (exact) mass is 221 g/mol. The van der Waals surface area contributed by atoms with E-state index in [1.54, 1.807) is 5.92 Å². The van der Waals surface area contributed by atoms with Gasteiger partial charge in [-0.25, -0.2) is 0 Å². The Morgan fingerprint density at radius 1 is 1.06 bits per heavy atom. The van der Waals surface area contributed by atoms with Crippen LogP contribution in [0.15, 0.2) is 23.3 Å². The Bertz CT molecular complexity index is 228. The highest BCUT2D eigenvalue weighted by Gasteiger charge is 2.11. The summed E-state index contributed by atoms with van der Waals surface area (Å²) in [6.07, 6.45) is 9.58. The minimum atomic E-state index is 0.764. The Kier molecular flexibility index (Phi) is 8.33. The molecule has 0 nitrogen and oxygen atoms in total. The van der Waals surface area contributed by atoms with Gasteiger partial charge in [0.1, 0.15) is 0 Å². The highest BCUT2D eigenvalue weighted by Crippen LogP contribution is 2.25. The van der Waals surface area contributed by atoms with Gasteiger partial charge in [0.15, 0.2) is 0 Å². The van der Waals surface area contributed by atoms with E-state index in [9.17, 15) is 0 Å². The molecule has 0 N–H and O–H groups in total. The highest BCUT2D eigenvalue weighted by molar-refractivity contribution is 5.00. The van der Waals surface area contributed by atoms with Crippen molar-refractivity contribution in [3.05, 3.63) is 29.2 Å². The normalized spacial score (nSPS) is 14.1. The predicted molar refractivity (Wildman–Crippen MR) is 75.4 cm³/mol. The van der Waals surface area contributed by atoms with Crippen molar-refractivity contribution in [3.8, 4) is 0 Å². The van der Waals surface area contributed by atoms with Crippen LogP contribution in [0.3, 0.4) is 0 Å². The van der Waals surface area contributed by atoms with Gasteiger partial charge in [0.25, 0.3) is 0 Å². The molecule has 0 aliphatic heterocycles. The van der Waals surface area contributed by atoms with Crippen molar-refractivity contribution >= 4 is 0 Å². The van der Waals surface area contributed by atoms with Gasteiger partial charge in [-0.3, -0.25) is 0 Å². The maximum absolute atomic E-state index is 2.36. The van der Waals surface area contributed by atoms with E-state index >= 15 is 0 Å². The van der Waals surface area contributed by atoms with Crippen LogP contribution in [0.1, 0.15) is 67.2 Å². The molecule has 1 atom stereocenters. The second-order valence-electron chi connectivity index (χ2n) is 5.24. The van der Waals surface area contributed by atoms with E-state index in [4.69, 9.17) is 0 Å². The molecular weight excluding hydrogens is 192 g/mol. The van der Waals surface area contributed by atoms with Gasteiger partial charge in [0.2, 0.25) is 0 Å². The van der Waals surface area contributed by atoms with Crippen molar-refractivity contribution in [1.29, 1.82) is 0 Å². The third-order valence-corrected chi connectivity index (χ3v) is 3.40. The smallest absolute Gasteiger partial charge is 0.0241 e. The molecular formula is C16H29. The lowest BCUT2D eigenvalue weighted by Crippen LogP contribution is -2.05. The van der Waals surface area contributed by atoms with Gasteiger partial charge in [0.05, 0.1) is 0 Å².